The molecule has 0 spiro atoms. The van der Waals surface area contributed by atoms with Gasteiger partial charge in [-0.2, -0.15) is 0 Å². The number of benzene rings is 2. The third-order valence-electron chi connectivity index (χ3n) is 5.15. The zero-order valence-corrected chi connectivity index (χ0v) is 17.8. The van der Waals surface area contributed by atoms with Gasteiger partial charge in [0.1, 0.15) is 35.1 Å². The molecule has 34 heavy (non-hydrogen) atoms. The average Bonchev–Trinajstić information content (AvgIpc) is 2.84. The molecule has 2 aromatic heterocycles. The fraction of sp³-hybridized carbons (Fsp3) is 0.0417. The zero-order chi connectivity index (χ0) is 24.2. The molecule has 0 aliphatic carbocycles. The summed E-state index contributed by atoms with van der Waals surface area (Å²) in [6.45, 7) is -0.00419. The van der Waals surface area contributed by atoms with Crippen LogP contribution in [0.2, 0.25) is 0 Å². The Bertz CT molecular complexity index is 1500. The molecular weight excluding hydrogens is 437 g/mol. The monoisotopic (exact) mass is 457 g/mol. The van der Waals surface area contributed by atoms with Crippen LogP contribution in [-0.4, -0.2) is 21.9 Å². The van der Waals surface area contributed by atoms with Gasteiger partial charge in [0.15, 0.2) is 0 Å². The standard InChI is InChI=1S/C24H20FN7O2/c25-15-6-7-17-16(8-15)22(33)19(13-4-2-1-3-5-13)18(34-17)11-30-24-20(23(29)31-12-32-24)21(28)14(9-26)10-27/h1-10,12,26,28H,11,27H2,(H3,29,30,31,32)/b14-10+,26-9?,28-21?. The van der Waals surface area contributed by atoms with Crippen LogP contribution in [0.5, 0.6) is 0 Å². The summed E-state index contributed by atoms with van der Waals surface area (Å²) >= 11 is 0. The summed E-state index contributed by atoms with van der Waals surface area (Å²) in [5.41, 5.74) is 12.4. The lowest BCUT2D eigenvalue weighted by Gasteiger charge is -2.15. The zero-order valence-electron chi connectivity index (χ0n) is 17.8. The third kappa shape index (κ3) is 4.11. The molecule has 170 valence electrons. The van der Waals surface area contributed by atoms with Crippen molar-refractivity contribution in [3.63, 3.8) is 0 Å². The summed E-state index contributed by atoms with van der Waals surface area (Å²) < 4.78 is 19.8. The normalized spacial score (nSPS) is 11.4. The number of aromatic nitrogens is 2. The van der Waals surface area contributed by atoms with Crippen LogP contribution in [0.3, 0.4) is 0 Å². The highest BCUT2D eigenvalue weighted by Crippen LogP contribution is 2.27. The minimum Gasteiger partial charge on any atom is -0.458 e. The van der Waals surface area contributed by atoms with E-state index in [9.17, 15) is 9.18 Å². The molecule has 10 heteroatoms. The molecule has 0 saturated carbocycles. The van der Waals surface area contributed by atoms with E-state index in [4.69, 9.17) is 26.7 Å². The molecule has 0 saturated heterocycles. The largest absolute Gasteiger partial charge is 0.458 e. The van der Waals surface area contributed by atoms with Crippen molar-refractivity contribution in [2.45, 2.75) is 6.54 Å². The van der Waals surface area contributed by atoms with E-state index >= 15 is 0 Å². The number of hydrogen-bond donors (Lipinski definition) is 5. The number of nitrogen functional groups attached to an aromatic ring is 1. The second-order valence-electron chi connectivity index (χ2n) is 7.21. The van der Waals surface area contributed by atoms with Crippen LogP contribution in [0.25, 0.3) is 22.1 Å². The minimum absolute atomic E-state index is 0.00419. The Hall–Kier alpha value is -4.86. The van der Waals surface area contributed by atoms with Gasteiger partial charge < -0.3 is 26.6 Å². The van der Waals surface area contributed by atoms with E-state index < -0.39 is 5.82 Å². The summed E-state index contributed by atoms with van der Waals surface area (Å²) in [7, 11) is 0. The summed E-state index contributed by atoms with van der Waals surface area (Å²) in [6.07, 6.45) is 3.26. The van der Waals surface area contributed by atoms with E-state index in [1.165, 1.54) is 18.5 Å². The molecule has 0 bridgehead atoms. The fourth-order valence-corrected chi connectivity index (χ4v) is 3.53. The predicted octanol–water partition coefficient (Wildman–Crippen LogP) is 3.44. The maximum Gasteiger partial charge on any atom is 0.200 e. The highest BCUT2D eigenvalue weighted by Gasteiger charge is 2.20. The van der Waals surface area contributed by atoms with E-state index in [1.807, 2.05) is 6.07 Å². The molecular formula is C24H20FN7O2. The van der Waals surface area contributed by atoms with Crippen molar-refractivity contribution in [3.8, 4) is 11.1 Å². The van der Waals surface area contributed by atoms with E-state index in [2.05, 4.69) is 15.3 Å². The summed E-state index contributed by atoms with van der Waals surface area (Å²) in [5.74, 6) is -0.0483. The molecule has 0 aliphatic heterocycles. The number of anilines is 2. The van der Waals surface area contributed by atoms with Crippen LogP contribution >= 0.6 is 0 Å². The topological polar surface area (TPSA) is 168 Å². The molecule has 0 amide bonds. The molecule has 7 N–H and O–H groups in total. The maximum atomic E-state index is 13.8. The number of rotatable bonds is 7. The first kappa shape index (κ1) is 22.3. The summed E-state index contributed by atoms with van der Waals surface area (Å²) in [5, 5.41) is 19.0. The van der Waals surface area contributed by atoms with E-state index in [0.29, 0.717) is 5.56 Å². The quantitative estimate of drug-likeness (QED) is 0.265. The van der Waals surface area contributed by atoms with Crippen molar-refractivity contribution in [3.05, 3.63) is 94.0 Å². The molecule has 9 nitrogen and oxygen atoms in total. The molecule has 2 aromatic carbocycles. The number of hydrogen-bond acceptors (Lipinski definition) is 9. The van der Waals surface area contributed by atoms with Crippen LogP contribution in [0, 0.1) is 16.6 Å². The van der Waals surface area contributed by atoms with Crippen LogP contribution in [0.15, 0.2) is 75.8 Å². The predicted molar refractivity (Wildman–Crippen MR) is 130 cm³/mol. The molecule has 4 rings (SSSR count). The van der Waals surface area contributed by atoms with Gasteiger partial charge in [-0.05, 0) is 23.8 Å². The Balaban J connectivity index is 1.82. The number of nitrogens with two attached hydrogens (primary N) is 2. The first-order valence-corrected chi connectivity index (χ1v) is 10.1. The molecule has 0 unspecified atom stereocenters. The number of allylic oxidation sites excluding steroid dienone is 1. The van der Waals surface area contributed by atoms with Crippen molar-refractivity contribution in [1.82, 2.24) is 9.97 Å². The lowest BCUT2D eigenvalue weighted by Crippen LogP contribution is -2.17. The van der Waals surface area contributed by atoms with Crippen LogP contribution in [0.4, 0.5) is 16.0 Å². The van der Waals surface area contributed by atoms with E-state index in [0.717, 1.165) is 18.5 Å². The van der Waals surface area contributed by atoms with E-state index in [-0.39, 0.29) is 62.8 Å². The molecule has 0 aliphatic rings. The SMILES string of the molecule is N=C/C(=C\N)C(=N)c1c(N)ncnc1NCc1oc2ccc(F)cc2c(=O)c1-c1ccccc1. The van der Waals surface area contributed by atoms with Crippen LogP contribution in [0.1, 0.15) is 11.3 Å². The number of nitrogens with zero attached hydrogens (tertiary/aromatic N) is 2. The Kier molecular flexibility index (Phi) is 6.13. The van der Waals surface area contributed by atoms with Crippen LogP contribution in [-0.2, 0) is 6.54 Å². The third-order valence-corrected chi connectivity index (χ3v) is 5.15. The Morgan fingerprint density at radius 3 is 2.65 bits per heavy atom. The second-order valence-corrected chi connectivity index (χ2v) is 7.21. The maximum absolute atomic E-state index is 13.8. The second kappa shape index (κ2) is 9.33. The van der Waals surface area contributed by atoms with Crippen molar-refractivity contribution in [1.29, 1.82) is 10.8 Å². The average molecular weight is 457 g/mol. The van der Waals surface area contributed by atoms with Crippen molar-refractivity contribution in [2.75, 3.05) is 11.1 Å². The van der Waals surface area contributed by atoms with Gasteiger partial charge in [0.05, 0.1) is 28.8 Å². The lowest BCUT2D eigenvalue weighted by atomic mass is 10.0. The molecule has 2 heterocycles. The minimum atomic E-state index is -0.542. The molecule has 4 aromatic rings. The van der Waals surface area contributed by atoms with Crippen molar-refractivity contribution >= 4 is 34.5 Å². The lowest BCUT2D eigenvalue weighted by molar-refractivity contribution is 0.546. The fourth-order valence-electron chi connectivity index (χ4n) is 3.53. The molecule has 0 radical (unpaired) electrons. The number of nitrogens with one attached hydrogen (secondary N) is 3. The Labute approximate surface area is 193 Å². The Morgan fingerprint density at radius 1 is 1.18 bits per heavy atom. The first-order valence-electron chi connectivity index (χ1n) is 10.1. The number of fused-ring (bicyclic) bond motifs is 1. The van der Waals surface area contributed by atoms with Gasteiger partial charge >= 0.3 is 0 Å². The molecule has 0 fully saturated rings. The Morgan fingerprint density at radius 2 is 1.94 bits per heavy atom. The highest BCUT2D eigenvalue weighted by molar-refractivity contribution is 6.25. The van der Waals surface area contributed by atoms with Gasteiger partial charge in [-0.25, -0.2) is 14.4 Å². The van der Waals surface area contributed by atoms with Crippen molar-refractivity contribution in [2.24, 2.45) is 5.73 Å². The van der Waals surface area contributed by atoms with Crippen molar-refractivity contribution < 1.29 is 8.81 Å². The summed E-state index contributed by atoms with van der Waals surface area (Å²) in [6, 6.07) is 12.7. The van der Waals surface area contributed by atoms with Gasteiger partial charge in [-0.3, -0.25) is 10.2 Å². The van der Waals surface area contributed by atoms with Gasteiger partial charge in [-0.15, -0.1) is 0 Å². The van der Waals surface area contributed by atoms with Gasteiger partial charge in [0.2, 0.25) is 5.43 Å². The van der Waals surface area contributed by atoms with Crippen LogP contribution < -0.4 is 22.2 Å². The highest BCUT2D eigenvalue weighted by atomic mass is 19.1. The molecule has 0 atom stereocenters. The van der Waals surface area contributed by atoms with Gasteiger partial charge in [0, 0.05) is 18.0 Å². The smallest absolute Gasteiger partial charge is 0.200 e. The van der Waals surface area contributed by atoms with Gasteiger partial charge in [-0.1, -0.05) is 30.3 Å². The summed E-state index contributed by atoms with van der Waals surface area (Å²) in [4.78, 5) is 21.4. The van der Waals surface area contributed by atoms with Gasteiger partial charge in [0.25, 0.3) is 0 Å². The first-order chi connectivity index (χ1) is 16.4. The number of halogens is 1. The van der Waals surface area contributed by atoms with E-state index in [1.54, 1.807) is 24.3 Å².